The number of benzene rings is 2. The van der Waals surface area contributed by atoms with Crippen LogP contribution in [0.1, 0.15) is 48.1 Å². The lowest BCUT2D eigenvalue weighted by Gasteiger charge is -2.24. The van der Waals surface area contributed by atoms with E-state index in [0.29, 0.717) is 12.2 Å². The highest BCUT2D eigenvalue weighted by Gasteiger charge is 2.28. The first-order valence-electron chi connectivity index (χ1n) is 11.2. The molecule has 2 aromatic rings. The number of ether oxygens (including phenoxy) is 1. The van der Waals surface area contributed by atoms with E-state index in [4.69, 9.17) is 4.74 Å². The van der Waals surface area contributed by atoms with E-state index in [1.54, 1.807) is 12.1 Å². The summed E-state index contributed by atoms with van der Waals surface area (Å²) in [6, 6.07) is 16.8. The maximum absolute atomic E-state index is 12.8. The van der Waals surface area contributed by atoms with Crippen molar-refractivity contribution in [1.82, 2.24) is 14.9 Å². The van der Waals surface area contributed by atoms with Gasteiger partial charge in [0.05, 0.1) is 11.0 Å². The Morgan fingerprint density at radius 2 is 1.97 bits per heavy atom. The zero-order valence-corrected chi connectivity index (χ0v) is 19.2. The first kappa shape index (κ1) is 22.9. The highest BCUT2D eigenvalue weighted by atomic mass is 32.2. The highest BCUT2D eigenvalue weighted by Crippen LogP contribution is 2.24. The monoisotopic (exact) mass is 457 g/mol. The van der Waals surface area contributed by atoms with Crippen molar-refractivity contribution < 1.29 is 17.9 Å². The normalized spacial score (nSPS) is 22.7. The first-order valence-corrected chi connectivity index (χ1v) is 12.7. The molecule has 172 valence electrons. The predicted octanol–water partition coefficient (Wildman–Crippen LogP) is 2.71. The molecule has 0 aromatic heterocycles. The van der Waals surface area contributed by atoms with E-state index in [1.165, 1.54) is 17.7 Å². The van der Waals surface area contributed by atoms with Gasteiger partial charge in [-0.2, -0.15) is 0 Å². The molecule has 8 heteroatoms. The van der Waals surface area contributed by atoms with Crippen LogP contribution in [0.25, 0.3) is 0 Å². The lowest BCUT2D eigenvalue weighted by Crippen LogP contribution is -2.37. The lowest BCUT2D eigenvalue weighted by molar-refractivity contribution is 0.0936. The molecular weight excluding hydrogens is 426 g/mol. The Kier molecular flexibility index (Phi) is 7.25. The molecule has 3 unspecified atom stereocenters. The van der Waals surface area contributed by atoms with Crippen LogP contribution in [-0.4, -0.2) is 57.6 Å². The van der Waals surface area contributed by atoms with Gasteiger partial charge in [-0.05, 0) is 49.9 Å². The van der Waals surface area contributed by atoms with Gasteiger partial charge >= 0.3 is 0 Å². The van der Waals surface area contributed by atoms with Crippen LogP contribution >= 0.6 is 0 Å². The summed E-state index contributed by atoms with van der Waals surface area (Å²) in [6.45, 7) is 4.77. The number of carbonyl (C=O) groups excluding carboxylic acids is 1. The van der Waals surface area contributed by atoms with E-state index in [2.05, 4.69) is 34.0 Å². The summed E-state index contributed by atoms with van der Waals surface area (Å²) in [5, 5.41) is 3.07. The highest BCUT2D eigenvalue weighted by molar-refractivity contribution is 7.89. The number of sulfonamides is 1. The largest absolute Gasteiger partial charge is 0.377 e. The van der Waals surface area contributed by atoms with Crippen molar-refractivity contribution in [2.45, 2.75) is 49.3 Å². The Morgan fingerprint density at radius 3 is 2.72 bits per heavy atom. The fourth-order valence-electron chi connectivity index (χ4n) is 4.36. The minimum absolute atomic E-state index is 0.0339. The zero-order valence-electron chi connectivity index (χ0n) is 18.4. The molecule has 2 saturated heterocycles. The maximum atomic E-state index is 12.8. The van der Waals surface area contributed by atoms with Crippen molar-refractivity contribution in [3.05, 3.63) is 65.7 Å². The second kappa shape index (κ2) is 10.1. The number of hydrogen-bond donors (Lipinski definition) is 2. The van der Waals surface area contributed by atoms with Gasteiger partial charge in [-0.25, -0.2) is 13.1 Å². The topological polar surface area (TPSA) is 87.7 Å². The molecule has 3 atom stereocenters. The summed E-state index contributed by atoms with van der Waals surface area (Å²) in [5.74, 6) is -0.250. The van der Waals surface area contributed by atoms with Crippen molar-refractivity contribution in [2.75, 3.05) is 26.2 Å². The lowest BCUT2D eigenvalue weighted by atomic mass is 10.1. The summed E-state index contributed by atoms with van der Waals surface area (Å²) < 4.78 is 33.4. The van der Waals surface area contributed by atoms with Crippen molar-refractivity contribution in [3.63, 3.8) is 0 Å². The minimum Gasteiger partial charge on any atom is -0.377 e. The number of amides is 1. The molecule has 2 fully saturated rings. The second-order valence-corrected chi connectivity index (χ2v) is 10.3. The number of nitrogens with one attached hydrogen (secondary N) is 2. The first-order chi connectivity index (χ1) is 15.4. The predicted molar refractivity (Wildman–Crippen MR) is 123 cm³/mol. The van der Waals surface area contributed by atoms with Crippen LogP contribution in [0.5, 0.6) is 0 Å². The van der Waals surface area contributed by atoms with Gasteiger partial charge in [0.1, 0.15) is 0 Å². The van der Waals surface area contributed by atoms with Crippen molar-refractivity contribution >= 4 is 15.9 Å². The molecule has 0 saturated carbocycles. The van der Waals surface area contributed by atoms with Crippen LogP contribution in [0.3, 0.4) is 0 Å². The van der Waals surface area contributed by atoms with E-state index in [1.807, 2.05) is 18.2 Å². The molecule has 2 aliphatic rings. The van der Waals surface area contributed by atoms with Crippen LogP contribution in [0.2, 0.25) is 0 Å². The van der Waals surface area contributed by atoms with Crippen molar-refractivity contribution in [2.24, 2.45) is 0 Å². The Morgan fingerprint density at radius 1 is 1.16 bits per heavy atom. The summed E-state index contributed by atoms with van der Waals surface area (Å²) in [4.78, 5) is 15.3. The summed E-state index contributed by atoms with van der Waals surface area (Å²) in [7, 11) is -3.70. The molecule has 2 aliphatic heterocycles. The van der Waals surface area contributed by atoms with Crippen LogP contribution in [0.15, 0.2) is 59.5 Å². The number of carbonyl (C=O) groups is 1. The SMILES string of the molecule is CC(c1ccccc1)N1CCC(NC(=O)c2cccc(S(=O)(=O)NCC3CCCO3)c2)C1. The molecule has 0 spiro atoms. The molecular formula is C24H31N3O4S. The Labute approximate surface area is 190 Å². The van der Waals surface area contributed by atoms with Crippen LogP contribution in [0.4, 0.5) is 0 Å². The number of nitrogens with zero attached hydrogens (tertiary/aromatic N) is 1. The van der Waals surface area contributed by atoms with E-state index < -0.39 is 10.0 Å². The molecule has 2 heterocycles. The third-order valence-corrected chi connectivity index (χ3v) is 7.74. The second-order valence-electron chi connectivity index (χ2n) is 8.56. The summed E-state index contributed by atoms with van der Waals surface area (Å²) in [6.07, 6.45) is 2.58. The van der Waals surface area contributed by atoms with Gasteiger partial charge in [-0.3, -0.25) is 9.69 Å². The molecule has 1 amide bonds. The number of likely N-dealkylation sites (tertiary alicyclic amines) is 1. The number of hydrogen-bond acceptors (Lipinski definition) is 5. The Balaban J connectivity index is 1.35. The average Bonchev–Trinajstić information content (AvgIpc) is 3.50. The Bertz CT molecular complexity index is 1020. The fourth-order valence-corrected chi connectivity index (χ4v) is 5.48. The number of rotatable bonds is 8. The van der Waals surface area contributed by atoms with Gasteiger partial charge in [0.2, 0.25) is 10.0 Å². The van der Waals surface area contributed by atoms with Crippen LogP contribution in [-0.2, 0) is 14.8 Å². The smallest absolute Gasteiger partial charge is 0.251 e. The molecule has 0 bridgehead atoms. The van der Waals surface area contributed by atoms with E-state index >= 15 is 0 Å². The minimum atomic E-state index is -3.70. The Hall–Kier alpha value is -2.26. The summed E-state index contributed by atoms with van der Waals surface area (Å²) in [5.41, 5.74) is 1.60. The van der Waals surface area contributed by atoms with Gasteiger partial charge in [-0.15, -0.1) is 0 Å². The standard InChI is InChI=1S/C24H31N3O4S/c1-18(19-7-3-2-4-8-19)27-13-12-21(17-27)26-24(28)20-9-5-11-23(15-20)32(29,30)25-16-22-10-6-14-31-22/h2-5,7-9,11,15,18,21-22,25H,6,10,12-14,16-17H2,1H3,(H,26,28). The third-order valence-electron chi connectivity index (χ3n) is 6.32. The molecule has 0 radical (unpaired) electrons. The van der Waals surface area contributed by atoms with E-state index in [0.717, 1.165) is 32.4 Å². The van der Waals surface area contributed by atoms with E-state index in [-0.39, 0.29) is 35.5 Å². The van der Waals surface area contributed by atoms with Gasteiger partial charge in [0.25, 0.3) is 5.91 Å². The van der Waals surface area contributed by atoms with Crippen LogP contribution in [0, 0.1) is 0 Å². The third kappa shape index (κ3) is 5.56. The van der Waals surface area contributed by atoms with E-state index in [9.17, 15) is 13.2 Å². The quantitative estimate of drug-likeness (QED) is 0.636. The zero-order chi connectivity index (χ0) is 22.6. The molecule has 4 rings (SSSR count). The molecule has 2 aromatic carbocycles. The van der Waals surface area contributed by atoms with Gasteiger partial charge < -0.3 is 10.1 Å². The fraction of sp³-hybridized carbons (Fsp3) is 0.458. The van der Waals surface area contributed by atoms with Crippen molar-refractivity contribution in [3.8, 4) is 0 Å². The molecule has 2 N–H and O–H groups in total. The maximum Gasteiger partial charge on any atom is 0.251 e. The molecule has 7 nitrogen and oxygen atoms in total. The summed E-state index contributed by atoms with van der Waals surface area (Å²) >= 11 is 0. The molecule has 32 heavy (non-hydrogen) atoms. The molecule has 0 aliphatic carbocycles. The van der Waals surface area contributed by atoms with Gasteiger partial charge in [0.15, 0.2) is 0 Å². The van der Waals surface area contributed by atoms with Gasteiger partial charge in [0, 0.05) is 43.9 Å². The average molecular weight is 458 g/mol. The van der Waals surface area contributed by atoms with Gasteiger partial charge in [-0.1, -0.05) is 36.4 Å². The van der Waals surface area contributed by atoms with Crippen molar-refractivity contribution in [1.29, 1.82) is 0 Å². The van der Waals surface area contributed by atoms with Crippen LogP contribution < -0.4 is 10.0 Å².